The third-order valence-corrected chi connectivity index (χ3v) is 2.16. The third-order valence-electron chi connectivity index (χ3n) is 2.16. The maximum Gasteiger partial charge on any atom is 0.129 e. The molecule has 1 radical (unpaired) electrons. The molecule has 0 atom stereocenters. The van der Waals surface area contributed by atoms with Crippen molar-refractivity contribution in [2.45, 2.75) is 25.9 Å². The van der Waals surface area contributed by atoms with Crippen molar-refractivity contribution < 1.29 is 4.74 Å². The molecule has 0 amide bonds. The standard InChI is InChI=1S/C10H13N2O/c1-13-7-9-4-5-11-10(12-9)6-8-2-3-8/h4,8H,2-3,6-7H2,1H3. The monoisotopic (exact) mass is 177 g/mol. The molecule has 1 aliphatic carbocycles. The Morgan fingerprint density at radius 3 is 3.15 bits per heavy atom. The lowest BCUT2D eigenvalue weighted by Crippen LogP contribution is -2.01. The van der Waals surface area contributed by atoms with Gasteiger partial charge in [-0.15, -0.1) is 0 Å². The Balaban J connectivity index is 2.02. The van der Waals surface area contributed by atoms with E-state index in [1.807, 2.05) is 0 Å². The van der Waals surface area contributed by atoms with Crippen LogP contribution in [0.15, 0.2) is 6.07 Å². The van der Waals surface area contributed by atoms with Crippen LogP contribution in [0.1, 0.15) is 24.4 Å². The number of methoxy groups -OCH3 is 1. The van der Waals surface area contributed by atoms with Crippen molar-refractivity contribution >= 4 is 0 Å². The van der Waals surface area contributed by atoms with E-state index in [9.17, 15) is 0 Å². The summed E-state index contributed by atoms with van der Waals surface area (Å²) in [7, 11) is 1.67. The highest BCUT2D eigenvalue weighted by Gasteiger charge is 2.22. The molecular formula is C10H13N2O. The molecule has 1 heterocycles. The summed E-state index contributed by atoms with van der Waals surface area (Å²) in [4.78, 5) is 8.49. The third kappa shape index (κ3) is 2.49. The van der Waals surface area contributed by atoms with E-state index in [1.165, 1.54) is 12.8 Å². The zero-order chi connectivity index (χ0) is 9.10. The Kier molecular flexibility index (Phi) is 2.54. The fourth-order valence-corrected chi connectivity index (χ4v) is 1.30. The van der Waals surface area contributed by atoms with Gasteiger partial charge in [0.15, 0.2) is 0 Å². The Bertz CT molecular complexity index is 284. The first-order valence-corrected chi connectivity index (χ1v) is 4.60. The second-order valence-corrected chi connectivity index (χ2v) is 3.49. The molecule has 1 aliphatic rings. The molecular weight excluding hydrogens is 164 g/mol. The van der Waals surface area contributed by atoms with Crippen molar-refractivity contribution in [3.63, 3.8) is 0 Å². The van der Waals surface area contributed by atoms with Crippen molar-refractivity contribution in [1.29, 1.82) is 0 Å². The van der Waals surface area contributed by atoms with Crippen molar-refractivity contribution in [3.05, 3.63) is 23.8 Å². The van der Waals surface area contributed by atoms with Gasteiger partial charge in [0, 0.05) is 13.5 Å². The molecule has 0 aliphatic heterocycles. The molecule has 1 fully saturated rings. The fourth-order valence-electron chi connectivity index (χ4n) is 1.30. The van der Waals surface area contributed by atoms with Gasteiger partial charge >= 0.3 is 0 Å². The van der Waals surface area contributed by atoms with Crippen LogP contribution in [0.5, 0.6) is 0 Å². The molecule has 13 heavy (non-hydrogen) atoms. The van der Waals surface area contributed by atoms with Crippen LogP contribution in [-0.4, -0.2) is 17.1 Å². The van der Waals surface area contributed by atoms with Crippen molar-refractivity contribution in [3.8, 4) is 0 Å². The lowest BCUT2D eigenvalue weighted by molar-refractivity contribution is 0.181. The average Bonchev–Trinajstić information content (AvgIpc) is 2.90. The van der Waals surface area contributed by atoms with Gasteiger partial charge in [0.2, 0.25) is 0 Å². The molecule has 0 unspecified atom stereocenters. The molecule has 1 aromatic heterocycles. The Morgan fingerprint density at radius 2 is 2.46 bits per heavy atom. The average molecular weight is 177 g/mol. The topological polar surface area (TPSA) is 35.0 Å². The Hall–Kier alpha value is -0.960. The van der Waals surface area contributed by atoms with Gasteiger partial charge in [-0.1, -0.05) is 0 Å². The maximum absolute atomic E-state index is 4.99. The predicted molar refractivity (Wildman–Crippen MR) is 48.0 cm³/mol. The van der Waals surface area contributed by atoms with Gasteiger partial charge in [0.1, 0.15) is 5.82 Å². The van der Waals surface area contributed by atoms with Crippen LogP contribution in [0.25, 0.3) is 0 Å². The zero-order valence-electron chi connectivity index (χ0n) is 7.79. The normalized spacial score (nSPS) is 16.1. The molecule has 3 nitrogen and oxygen atoms in total. The Morgan fingerprint density at radius 1 is 1.62 bits per heavy atom. The second-order valence-electron chi connectivity index (χ2n) is 3.49. The van der Waals surface area contributed by atoms with Crippen LogP contribution >= 0.6 is 0 Å². The first kappa shape index (κ1) is 8.63. The van der Waals surface area contributed by atoms with Gasteiger partial charge in [-0.3, -0.25) is 0 Å². The summed E-state index contributed by atoms with van der Waals surface area (Å²) in [5, 5.41) is 0. The van der Waals surface area contributed by atoms with Crippen LogP contribution in [0.3, 0.4) is 0 Å². The SMILES string of the molecule is COCc1c[c]nc(CC2CC2)n1. The van der Waals surface area contributed by atoms with Crippen molar-refractivity contribution in [2.75, 3.05) is 7.11 Å². The maximum atomic E-state index is 4.99. The molecule has 1 saturated carbocycles. The fraction of sp³-hybridized carbons (Fsp3) is 0.600. The van der Waals surface area contributed by atoms with E-state index in [2.05, 4.69) is 16.2 Å². The number of ether oxygens (including phenoxy) is 1. The summed E-state index contributed by atoms with van der Waals surface area (Å²) in [6.07, 6.45) is 6.53. The summed E-state index contributed by atoms with van der Waals surface area (Å²) in [6.45, 7) is 0.552. The quantitative estimate of drug-likeness (QED) is 0.696. The molecule has 0 saturated heterocycles. The smallest absolute Gasteiger partial charge is 0.129 e. The first-order valence-electron chi connectivity index (χ1n) is 4.60. The lowest BCUT2D eigenvalue weighted by atomic mass is 10.3. The molecule has 2 rings (SSSR count). The Labute approximate surface area is 78.2 Å². The summed E-state index contributed by atoms with van der Waals surface area (Å²) in [5.41, 5.74) is 0.924. The van der Waals surface area contributed by atoms with E-state index in [0.29, 0.717) is 6.61 Å². The van der Waals surface area contributed by atoms with E-state index < -0.39 is 0 Å². The molecule has 3 heteroatoms. The summed E-state index contributed by atoms with van der Waals surface area (Å²) in [5.74, 6) is 1.74. The van der Waals surface area contributed by atoms with Crippen LogP contribution in [0.4, 0.5) is 0 Å². The van der Waals surface area contributed by atoms with E-state index in [1.54, 1.807) is 13.2 Å². The van der Waals surface area contributed by atoms with Crippen molar-refractivity contribution in [1.82, 2.24) is 9.97 Å². The van der Waals surface area contributed by atoms with E-state index in [-0.39, 0.29) is 0 Å². The minimum atomic E-state index is 0.552. The zero-order valence-corrected chi connectivity index (χ0v) is 7.79. The summed E-state index contributed by atoms with van der Waals surface area (Å²) >= 11 is 0. The molecule has 1 aromatic rings. The minimum Gasteiger partial charge on any atom is -0.378 e. The summed E-state index contributed by atoms with van der Waals surface area (Å²) < 4.78 is 4.99. The number of rotatable bonds is 4. The van der Waals surface area contributed by atoms with Gasteiger partial charge in [-0.05, 0) is 24.8 Å². The van der Waals surface area contributed by atoms with Crippen LogP contribution in [0.2, 0.25) is 0 Å². The van der Waals surface area contributed by atoms with E-state index >= 15 is 0 Å². The largest absolute Gasteiger partial charge is 0.378 e. The molecule has 0 bridgehead atoms. The highest BCUT2D eigenvalue weighted by molar-refractivity contribution is 5.01. The second kappa shape index (κ2) is 3.83. The predicted octanol–water partition coefficient (Wildman–Crippen LogP) is 1.38. The van der Waals surface area contributed by atoms with Gasteiger partial charge in [0.25, 0.3) is 0 Å². The highest BCUT2D eigenvalue weighted by atomic mass is 16.5. The van der Waals surface area contributed by atoms with Crippen LogP contribution in [-0.2, 0) is 17.8 Å². The number of aromatic nitrogens is 2. The number of hydrogen-bond donors (Lipinski definition) is 0. The van der Waals surface area contributed by atoms with Crippen molar-refractivity contribution in [2.24, 2.45) is 5.92 Å². The number of nitrogens with zero attached hydrogens (tertiary/aromatic N) is 2. The van der Waals surface area contributed by atoms with Gasteiger partial charge in [0.05, 0.1) is 18.5 Å². The molecule has 0 N–H and O–H groups in total. The van der Waals surface area contributed by atoms with Gasteiger partial charge in [-0.2, -0.15) is 0 Å². The van der Waals surface area contributed by atoms with Crippen LogP contribution < -0.4 is 0 Å². The van der Waals surface area contributed by atoms with E-state index in [0.717, 1.165) is 23.9 Å². The van der Waals surface area contributed by atoms with Gasteiger partial charge < -0.3 is 4.74 Å². The van der Waals surface area contributed by atoms with Crippen LogP contribution in [0, 0.1) is 12.1 Å². The van der Waals surface area contributed by atoms with E-state index in [4.69, 9.17) is 4.74 Å². The highest BCUT2D eigenvalue weighted by Crippen LogP contribution is 2.31. The minimum absolute atomic E-state index is 0.552. The number of hydrogen-bond acceptors (Lipinski definition) is 3. The summed E-state index contributed by atoms with van der Waals surface area (Å²) in [6, 6.07) is 1.78. The lowest BCUT2D eigenvalue weighted by Gasteiger charge is -2.00. The molecule has 0 spiro atoms. The molecule has 0 aromatic carbocycles. The first-order chi connectivity index (χ1) is 6.38. The van der Waals surface area contributed by atoms with Gasteiger partial charge in [-0.25, -0.2) is 9.97 Å². The molecule has 69 valence electrons.